The summed E-state index contributed by atoms with van der Waals surface area (Å²) in [5, 5.41) is 0. The maximum atomic E-state index is 12.9. The van der Waals surface area contributed by atoms with Gasteiger partial charge in [-0.2, -0.15) is 0 Å². The Bertz CT molecular complexity index is 535. The molecule has 1 unspecified atom stereocenters. The highest BCUT2D eigenvalue weighted by Crippen LogP contribution is 2.33. The van der Waals surface area contributed by atoms with E-state index in [1.807, 2.05) is 19.1 Å². The number of hydrogen-bond acceptors (Lipinski definition) is 3. The molecule has 1 amide bonds. The summed E-state index contributed by atoms with van der Waals surface area (Å²) in [6.07, 6.45) is 6.87. The number of nitrogens with zero attached hydrogens (tertiary/aromatic N) is 2. The molecule has 0 saturated carbocycles. The van der Waals surface area contributed by atoms with Gasteiger partial charge in [0.2, 0.25) is 5.91 Å². The molecule has 4 heteroatoms. The van der Waals surface area contributed by atoms with Crippen LogP contribution < -0.4 is 10.6 Å². The van der Waals surface area contributed by atoms with Crippen LogP contribution in [0.3, 0.4) is 0 Å². The van der Waals surface area contributed by atoms with Crippen LogP contribution in [0.4, 0.5) is 11.4 Å². The van der Waals surface area contributed by atoms with Crippen LogP contribution in [-0.4, -0.2) is 36.5 Å². The first-order valence-electron chi connectivity index (χ1n) is 8.61. The number of anilines is 2. The maximum Gasteiger partial charge on any atom is 0.244 e. The number of carbonyl (C=O) groups excluding carboxylic acids is 1. The maximum absolute atomic E-state index is 12.9. The number of benzene rings is 1. The third kappa shape index (κ3) is 2.92. The second-order valence-electron chi connectivity index (χ2n) is 6.56. The van der Waals surface area contributed by atoms with E-state index < -0.39 is 0 Å². The summed E-state index contributed by atoms with van der Waals surface area (Å²) >= 11 is 0. The second kappa shape index (κ2) is 6.59. The quantitative estimate of drug-likeness (QED) is 0.855. The Morgan fingerprint density at radius 3 is 2.55 bits per heavy atom. The van der Waals surface area contributed by atoms with Gasteiger partial charge >= 0.3 is 0 Å². The van der Waals surface area contributed by atoms with Crippen LogP contribution in [0.2, 0.25) is 0 Å². The first kappa shape index (κ1) is 15.2. The van der Waals surface area contributed by atoms with Gasteiger partial charge in [-0.25, -0.2) is 0 Å². The fourth-order valence-corrected chi connectivity index (χ4v) is 3.77. The van der Waals surface area contributed by atoms with E-state index in [-0.39, 0.29) is 11.9 Å². The van der Waals surface area contributed by atoms with Crippen LogP contribution in [0.1, 0.15) is 44.6 Å². The zero-order chi connectivity index (χ0) is 15.5. The van der Waals surface area contributed by atoms with E-state index in [1.54, 1.807) is 0 Å². The minimum Gasteiger partial charge on any atom is -0.398 e. The molecule has 4 nitrogen and oxygen atoms in total. The second-order valence-corrected chi connectivity index (χ2v) is 6.56. The lowest BCUT2D eigenvalue weighted by molar-refractivity contribution is -0.132. The van der Waals surface area contributed by atoms with Gasteiger partial charge in [0, 0.05) is 31.0 Å². The monoisotopic (exact) mass is 301 g/mol. The summed E-state index contributed by atoms with van der Waals surface area (Å²) in [7, 11) is 0. The van der Waals surface area contributed by atoms with Crippen LogP contribution in [0.25, 0.3) is 0 Å². The summed E-state index contributed by atoms with van der Waals surface area (Å²) in [4.78, 5) is 17.2. The van der Waals surface area contributed by atoms with E-state index in [9.17, 15) is 4.79 Å². The highest BCUT2D eigenvalue weighted by atomic mass is 16.2. The molecule has 0 aliphatic carbocycles. The molecule has 0 aromatic heterocycles. The molecule has 2 aliphatic rings. The molecule has 2 heterocycles. The lowest BCUT2D eigenvalue weighted by atomic mass is 9.98. The van der Waals surface area contributed by atoms with Gasteiger partial charge in [0.05, 0.1) is 0 Å². The van der Waals surface area contributed by atoms with Gasteiger partial charge in [0.25, 0.3) is 0 Å². The molecular formula is C18H27N3O. The Morgan fingerprint density at radius 2 is 1.82 bits per heavy atom. The van der Waals surface area contributed by atoms with Crippen LogP contribution in [0.5, 0.6) is 0 Å². The first-order valence-corrected chi connectivity index (χ1v) is 8.61. The number of nitrogens with two attached hydrogens (primary N) is 1. The Balaban J connectivity index is 1.79. The number of hydrogen-bond donors (Lipinski definition) is 1. The van der Waals surface area contributed by atoms with Crippen LogP contribution >= 0.6 is 0 Å². The van der Waals surface area contributed by atoms with Crippen molar-refractivity contribution in [2.75, 3.05) is 30.3 Å². The third-order valence-corrected chi connectivity index (χ3v) is 5.07. The van der Waals surface area contributed by atoms with Crippen molar-refractivity contribution in [1.29, 1.82) is 0 Å². The number of likely N-dealkylation sites (tertiary alicyclic amines) is 1. The van der Waals surface area contributed by atoms with Crippen molar-refractivity contribution < 1.29 is 4.79 Å². The van der Waals surface area contributed by atoms with Gasteiger partial charge in [-0.15, -0.1) is 0 Å². The molecule has 3 rings (SSSR count). The summed E-state index contributed by atoms with van der Waals surface area (Å²) in [5.41, 5.74) is 9.35. The topological polar surface area (TPSA) is 49.6 Å². The van der Waals surface area contributed by atoms with Gasteiger partial charge in [-0.3, -0.25) is 4.79 Å². The SMILES string of the molecule is CC(C(=O)N1CCCCCC1)N1CCCc2c(N)cccc21. The van der Waals surface area contributed by atoms with Gasteiger partial charge in [-0.1, -0.05) is 18.9 Å². The zero-order valence-electron chi connectivity index (χ0n) is 13.6. The highest BCUT2D eigenvalue weighted by Gasteiger charge is 2.29. The predicted octanol–water partition coefficient (Wildman–Crippen LogP) is 2.81. The minimum absolute atomic E-state index is 0.0982. The molecule has 22 heavy (non-hydrogen) atoms. The average molecular weight is 301 g/mol. The summed E-state index contributed by atoms with van der Waals surface area (Å²) < 4.78 is 0. The van der Waals surface area contributed by atoms with Crippen molar-refractivity contribution >= 4 is 17.3 Å². The van der Waals surface area contributed by atoms with Crippen LogP contribution in [-0.2, 0) is 11.2 Å². The molecule has 0 bridgehead atoms. The lowest BCUT2D eigenvalue weighted by Crippen LogP contribution is -2.49. The van der Waals surface area contributed by atoms with E-state index >= 15 is 0 Å². The lowest BCUT2D eigenvalue weighted by Gasteiger charge is -2.38. The number of rotatable bonds is 2. The fourth-order valence-electron chi connectivity index (χ4n) is 3.77. The summed E-state index contributed by atoms with van der Waals surface area (Å²) in [5.74, 6) is 0.275. The Labute approximate surface area is 133 Å². The van der Waals surface area contributed by atoms with Crippen molar-refractivity contribution in [2.45, 2.75) is 51.5 Å². The molecule has 2 aliphatic heterocycles. The molecule has 1 aromatic rings. The van der Waals surface area contributed by atoms with E-state index in [1.165, 1.54) is 18.4 Å². The number of fused-ring (bicyclic) bond motifs is 1. The Kier molecular flexibility index (Phi) is 4.55. The van der Waals surface area contributed by atoms with Gasteiger partial charge in [0.15, 0.2) is 0 Å². The Hall–Kier alpha value is -1.71. The molecule has 1 saturated heterocycles. The molecule has 120 valence electrons. The average Bonchev–Trinajstić information content (AvgIpc) is 2.83. The zero-order valence-corrected chi connectivity index (χ0v) is 13.6. The number of carbonyl (C=O) groups is 1. The molecule has 2 N–H and O–H groups in total. The van der Waals surface area contributed by atoms with Crippen LogP contribution in [0, 0.1) is 0 Å². The van der Waals surface area contributed by atoms with Crippen molar-refractivity contribution in [1.82, 2.24) is 4.90 Å². The minimum atomic E-state index is -0.0982. The van der Waals surface area contributed by atoms with Gasteiger partial charge in [0.1, 0.15) is 6.04 Å². The standard InChI is InChI=1S/C18H27N3O/c1-14(18(22)20-11-4-2-3-5-12-20)21-13-7-8-15-16(19)9-6-10-17(15)21/h6,9-10,14H,2-5,7-8,11-13,19H2,1H3. The first-order chi connectivity index (χ1) is 10.7. The van der Waals surface area contributed by atoms with Gasteiger partial charge < -0.3 is 15.5 Å². The molecule has 0 spiro atoms. The smallest absolute Gasteiger partial charge is 0.244 e. The van der Waals surface area contributed by atoms with Gasteiger partial charge in [-0.05, 0) is 50.3 Å². The van der Waals surface area contributed by atoms with E-state index in [4.69, 9.17) is 5.73 Å². The number of amides is 1. The van der Waals surface area contributed by atoms with Crippen molar-refractivity contribution in [2.24, 2.45) is 0 Å². The summed E-state index contributed by atoms with van der Waals surface area (Å²) in [6.45, 7) is 4.82. The third-order valence-electron chi connectivity index (χ3n) is 5.07. The predicted molar refractivity (Wildman–Crippen MR) is 91.0 cm³/mol. The van der Waals surface area contributed by atoms with Crippen molar-refractivity contribution in [3.05, 3.63) is 23.8 Å². The normalized spacial score (nSPS) is 20.2. The van der Waals surface area contributed by atoms with Crippen LogP contribution in [0.15, 0.2) is 18.2 Å². The molecular weight excluding hydrogens is 274 g/mol. The number of nitrogen functional groups attached to an aromatic ring is 1. The molecule has 0 radical (unpaired) electrons. The molecule has 1 fully saturated rings. The Morgan fingerprint density at radius 1 is 1.09 bits per heavy atom. The van der Waals surface area contributed by atoms with Crippen molar-refractivity contribution in [3.63, 3.8) is 0 Å². The molecule has 1 atom stereocenters. The highest BCUT2D eigenvalue weighted by molar-refractivity contribution is 5.86. The van der Waals surface area contributed by atoms with E-state index in [2.05, 4.69) is 15.9 Å². The van der Waals surface area contributed by atoms with Crippen molar-refractivity contribution in [3.8, 4) is 0 Å². The van der Waals surface area contributed by atoms with E-state index in [0.29, 0.717) is 0 Å². The largest absolute Gasteiger partial charge is 0.398 e. The summed E-state index contributed by atoms with van der Waals surface area (Å²) in [6, 6.07) is 5.97. The fraction of sp³-hybridized carbons (Fsp3) is 0.611. The van der Waals surface area contributed by atoms with E-state index in [0.717, 1.165) is 56.7 Å². The molecule has 1 aromatic carbocycles.